The van der Waals surface area contributed by atoms with Crippen molar-refractivity contribution in [1.29, 1.82) is 0 Å². The van der Waals surface area contributed by atoms with Crippen molar-refractivity contribution in [1.82, 2.24) is 0 Å². The Bertz CT molecular complexity index is 608. The fourth-order valence-corrected chi connectivity index (χ4v) is 1.76. The average Bonchev–Trinajstić information content (AvgIpc) is 2.47. The maximum atomic E-state index is 10.8. The van der Waals surface area contributed by atoms with Gasteiger partial charge in [0.2, 0.25) is 0 Å². The van der Waals surface area contributed by atoms with Crippen LogP contribution >= 0.6 is 0 Å². The van der Waals surface area contributed by atoms with Gasteiger partial charge in [0.15, 0.2) is 0 Å². The molecule has 2 N–H and O–H groups in total. The second kappa shape index (κ2) is 5.97. The quantitative estimate of drug-likeness (QED) is 0.876. The maximum Gasteiger partial charge on any atom is 0.335 e. The van der Waals surface area contributed by atoms with Crippen LogP contribution in [0.15, 0.2) is 42.5 Å². The molecule has 0 fully saturated rings. The molecule has 0 bridgehead atoms. The van der Waals surface area contributed by atoms with Crippen LogP contribution in [0.1, 0.15) is 10.4 Å². The predicted octanol–water partition coefficient (Wildman–Crippen LogP) is 3.15. The summed E-state index contributed by atoms with van der Waals surface area (Å²) >= 11 is 0. The van der Waals surface area contributed by atoms with E-state index in [0.29, 0.717) is 11.5 Å². The number of nitrogens with one attached hydrogen (secondary N) is 1. The fraction of sp³-hybridized carbons (Fsp3) is 0.133. The molecule has 20 heavy (non-hydrogen) atoms. The van der Waals surface area contributed by atoms with E-state index in [1.165, 1.54) is 12.1 Å². The average molecular weight is 273 g/mol. The van der Waals surface area contributed by atoms with Crippen molar-refractivity contribution in [3.8, 4) is 11.5 Å². The Kier molecular flexibility index (Phi) is 4.10. The van der Waals surface area contributed by atoms with Crippen LogP contribution in [0.3, 0.4) is 0 Å². The van der Waals surface area contributed by atoms with Gasteiger partial charge in [0.1, 0.15) is 11.5 Å². The van der Waals surface area contributed by atoms with Crippen molar-refractivity contribution in [2.45, 2.75) is 0 Å². The van der Waals surface area contributed by atoms with Gasteiger partial charge < -0.3 is 19.9 Å². The molecule has 0 spiro atoms. The van der Waals surface area contributed by atoms with Gasteiger partial charge in [0.05, 0.1) is 25.5 Å². The van der Waals surface area contributed by atoms with Gasteiger partial charge in [-0.3, -0.25) is 0 Å². The molecule has 0 amide bonds. The topological polar surface area (TPSA) is 67.8 Å². The minimum atomic E-state index is -0.949. The number of rotatable bonds is 5. The molecule has 0 aliphatic rings. The van der Waals surface area contributed by atoms with Crippen molar-refractivity contribution < 1.29 is 19.4 Å². The summed E-state index contributed by atoms with van der Waals surface area (Å²) in [4.78, 5) is 10.8. The van der Waals surface area contributed by atoms with E-state index in [9.17, 15) is 4.79 Å². The number of benzene rings is 2. The number of hydrogen-bond donors (Lipinski definition) is 2. The summed E-state index contributed by atoms with van der Waals surface area (Å²) in [5, 5.41) is 12.0. The van der Waals surface area contributed by atoms with Crippen molar-refractivity contribution >= 4 is 17.3 Å². The van der Waals surface area contributed by atoms with Crippen LogP contribution in [0.2, 0.25) is 0 Å². The van der Waals surface area contributed by atoms with Crippen LogP contribution in [0.25, 0.3) is 0 Å². The zero-order valence-electron chi connectivity index (χ0n) is 11.2. The molecule has 0 saturated carbocycles. The lowest BCUT2D eigenvalue weighted by Crippen LogP contribution is -1.98. The number of carboxylic acids is 1. The number of carbonyl (C=O) groups is 1. The summed E-state index contributed by atoms with van der Waals surface area (Å²) in [6.07, 6.45) is 0. The van der Waals surface area contributed by atoms with Crippen molar-refractivity contribution in [3.63, 3.8) is 0 Å². The molecule has 2 aromatic rings. The minimum Gasteiger partial charge on any atom is -0.497 e. The van der Waals surface area contributed by atoms with E-state index in [4.69, 9.17) is 14.6 Å². The van der Waals surface area contributed by atoms with Crippen LogP contribution in [-0.4, -0.2) is 25.3 Å². The third-order valence-corrected chi connectivity index (χ3v) is 2.82. The summed E-state index contributed by atoms with van der Waals surface area (Å²) in [6, 6.07) is 11.9. The molecule has 5 nitrogen and oxygen atoms in total. The largest absolute Gasteiger partial charge is 0.497 e. The van der Waals surface area contributed by atoms with Crippen LogP contribution < -0.4 is 14.8 Å². The molecular formula is C15H15NO4. The molecule has 0 unspecified atom stereocenters. The SMILES string of the molecule is COc1ccc(OC)c(Nc2ccc(C(=O)O)cc2)c1. The van der Waals surface area contributed by atoms with E-state index in [-0.39, 0.29) is 5.56 Å². The molecule has 0 saturated heterocycles. The number of anilines is 2. The van der Waals surface area contributed by atoms with Crippen LogP contribution in [-0.2, 0) is 0 Å². The maximum absolute atomic E-state index is 10.8. The van der Waals surface area contributed by atoms with Crippen molar-refractivity contribution in [3.05, 3.63) is 48.0 Å². The number of carboxylic acid groups (broad SMARTS) is 1. The van der Waals surface area contributed by atoms with Crippen LogP contribution in [0, 0.1) is 0 Å². The number of methoxy groups -OCH3 is 2. The molecule has 2 rings (SSSR count). The highest BCUT2D eigenvalue weighted by Gasteiger charge is 2.06. The molecular weight excluding hydrogens is 258 g/mol. The Balaban J connectivity index is 2.26. The zero-order valence-corrected chi connectivity index (χ0v) is 11.2. The Morgan fingerprint density at radius 1 is 1.05 bits per heavy atom. The minimum absolute atomic E-state index is 0.244. The summed E-state index contributed by atoms with van der Waals surface area (Å²) in [5.41, 5.74) is 1.75. The first-order chi connectivity index (χ1) is 9.63. The molecule has 0 aliphatic carbocycles. The van der Waals surface area contributed by atoms with Crippen LogP contribution in [0.4, 0.5) is 11.4 Å². The van der Waals surface area contributed by atoms with E-state index in [2.05, 4.69) is 5.32 Å². The Morgan fingerprint density at radius 2 is 1.75 bits per heavy atom. The monoisotopic (exact) mass is 273 g/mol. The fourth-order valence-electron chi connectivity index (χ4n) is 1.76. The van der Waals surface area contributed by atoms with Gasteiger partial charge in [-0.25, -0.2) is 4.79 Å². The number of hydrogen-bond acceptors (Lipinski definition) is 4. The first-order valence-electron chi connectivity index (χ1n) is 5.96. The van der Waals surface area contributed by atoms with E-state index in [0.717, 1.165) is 11.4 Å². The molecule has 0 heterocycles. The van der Waals surface area contributed by atoms with Gasteiger partial charge in [-0.05, 0) is 36.4 Å². The zero-order chi connectivity index (χ0) is 14.5. The summed E-state index contributed by atoms with van der Waals surface area (Å²) < 4.78 is 10.4. The summed E-state index contributed by atoms with van der Waals surface area (Å²) in [5.74, 6) is 0.430. The normalized spacial score (nSPS) is 9.90. The molecule has 0 atom stereocenters. The molecule has 2 aromatic carbocycles. The smallest absolute Gasteiger partial charge is 0.335 e. The van der Waals surface area contributed by atoms with Crippen molar-refractivity contribution in [2.24, 2.45) is 0 Å². The first-order valence-corrected chi connectivity index (χ1v) is 5.96. The molecule has 104 valence electrons. The molecule has 0 radical (unpaired) electrons. The van der Waals surface area contributed by atoms with E-state index < -0.39 is 5.97 Å². The molecule has 0 aliphatic heterocycles. The Labute approximate surface area is 116 Å². The van der Waals surface area contributed by atoms with Gasteiger partial charge in [-0.15, -0.1) is 0 Å². The summed E-state index contributed by atoms with van der Waals surface area (Å²) in [6.45, 7) is 0. The number of ether oxygens (including phenoxy) is 2. The van der Waals surface area contributed by atoms with Gasteiger partial charge in [-0.1, -0.05) is 0 Å². The highest BCUT2D eigenvalue weighted by molar-refractivity contribution is 5.88. The predicted molar refractivity (Wildman–Crippen MR) is 76.2 cm³/mol. The van der Waals surface area contributed by atoms with E-state index in [1.54, 1.807) is 38.5 Å². The standard InChI is InChI=1S/C15H15NO4/c1-19-12-7-8-14(20-2)13(9-12)16-11-5-3-10(4-6-11)15(17)18/h3-9,16H,1-2H3,(H,17,18). The van der Waals surface area contributed by atoms with Gasteiger partial charge in [-0.2, -0.15) is 0 Å². The lowest BCUT2D eigenvalue weighted by atomic mass is 10.2. The van der Waals surface area contributed by atoms with E-state index in [1.807, 2.05) is 6.07 Å². The highest BCUT2D eigenvalue weighted by Crippen LogP contribution is 2.31. The highest BCUT2D eigenvalue weighted by atomic mass is 16.5. The van der Waals surface area contributed by atoms with Gasteiger partial charge in [0, 0.05) is 11.8 Å². The Morgan fingerprint density at radius 3 is 2.30 bits per heavy atom. The van der Waals surface area contributed by atoms with Gasteiger partial charge >= 0.3 is 5.97 Å². The lowest BCUT2D eigenvalue weighted by Gasteiger charge is -2.12. The molecule has 5 heteroatoms. The lowest BCUT2D eigenvalue weighted by molar-refractivity contribution is 0.0697. The molecule has 0 aromatic heterocycles. The second-order valence-corrected chi connectivity index (χ2v) is 4.07. The van der Waals surface area contributed by atoms with Crippen molar-refractivity contribution in [2.75, 3.05) is 19.5 Å². The third kappa shape index (κ3) is 3.00. The van der Waals surface area contributed by atoms with E-state index >= 15 is 0 Å². The Hall–Kier alpha value is -2.69. The third-order valence-electron chi connectivity index (χ3n) is 2.82. The first kappa shape index (κ1) is 13.7. The van der Waals surface area contributed by atoms with Gasteiger partial charge in [0.25, 0.3) is 0 Å². The second-order valence-electron chi connectivity index (χ2n) is 4.07. The summed E-state index contributed by atoms with van der Waals surface area (Å²) in [7, 11) is 3.17. The van der Waals surface area contributed by atoms with Crippen LogP contribution in [0.5, 0.6) is 11.5 Å². The number of aromatic carboxylic acids is 1.